The van der Waals surface area contributed by atoms with Gasteiger partial charge in [-0.25, -0.2) is 13.9 Å². The first-order valence-corrected chi connectivity index (χ1v) is 8.83. The average Bonchev–Trinajstić information content (AvgIpc) is 3.26. The van der Waals surface area contributed by atoms with E-state index >= 15 is 0 Å². The molecule has 31 heavy (non-hydrogen) atoms. The number of nitrogens with one attached hydrogen (secondary N) is 1. The third-order valence-corrected chi connectivity index (χ3v) is 4.75. The van der Waals surface area contributed by atoms with Gasteiger partial charge in [0.2, 0.25) is 0 Å². The van der Waals surface area contributed by atoms with Crippen molar-refractivity contribution in [2.24, 2.45) is 14.1 Å². The summed E-state index contributed by atoms with van der Waals surface area (Å²) in [5.74, 6) is -1.78. The summed E-state index contributed by atoms with van der Waals surface area (Å²) >= 11 is 0. The second kappa shape index (κ2) is 7.07. The maximum absolute atomic E-state index is 13.7. The lowest BCUT2D eigenvalue weighted by atomic mass is 10.2. The van der Waals surface area contributed by atoms with Crippen molar-refractivity contribution in [3.8, 4) is 5.69 Å². The van der Waals surface area contributed by atoms with Gasteiger partial charge < -0.3 is 5.32 Å². The van der Waals surface area contributed by atoms with Gasteiger partial charge in [0.25, 0.3) is 5.91 Å². The van der Waals surface area contributed by atoms with E-state index in [1.165, 1.54) is 28.3 Å². The lowest BCUT2D eigenvalue weighted by Crippen LogP contribution is -2.21. The standard InChI is InChI=1S/C19H14F4N6O2/c1-27-13-8-5-11(9-14(13)28(2)18(27)31)24-17(30)15-16(19(21,22)23)29(26-25-15)12-6-3-10(20)4-7-12/h3-9H,1-2H3,(H,24,30). The number of imidazole rings is 1. The summed E-state index contributed by atoms with van der Waals surface area (Å²) < 4.78 is 57.5. The fourth-order valence-corrected chi connectivity index (χ4v) is 3.23. The SMILES string of the molecule is Cn1c(=O)n(C)c2cc(NC(=O)c3nnn(-c4ccc(F)cc4)c3C(F)(F)F)ccc21. The minimum atomic E-state index is -4.96. The Labute approximate surface area is 171 Å². The number of carbonyl (C=O) groups is 1. The van der Waals surface area contributed by atoms with Crippen LogP contribution in [-0.4, -0.2) is 30.0 Å². The summed E-state index contributed by atoms with van der Waals surface area (Å²) in [6.45, 7) is 0. The van der Waals surface area contributed by atoms with Crippen LogP contribution in [-0.2, 0) is 20.3 Å². The molecule has 0 aliphatic heterocycles. The highest BCUT2D eigenvalue weighted by atomic mass is 19.4. The van der Waals surface area contributed by atoms with Gasteiger partial charge in [0, 0.05) is 19.8 Å². The molecule has 0 spiro atoms. The van der Waals surface area contributed by atoms with Crippen molar-refractivity contribution in [1.82, 2.24) is 24.1 Å². The Morgan fingerprint density at radius 2 is 1.65 bits per heavy atom. The average molecular weight is 434 g/mol. The molecule has 0 radical (unpaired) electrons. The molecule has 0 aliphatic carbocycles. The van der Waals surface area contributed by atoms with E-state index in [1.807, 2.05) is 0 Å². The number of hydrogen-bond acceptors (Lipinski definition) is 4. The topological polar surface area (TPSA) is 86.7 Å². The van der Waals surface area contributed by atoms with E-state index in [2.05, 4.69) is 15.6 Å². The van der Waals surface area contributed by atoms with Crippen molar-refractivity contribution < 1.29 is 22.4 Å². The van der Waals surface area contributed by atoms with E-state index in [9.17, 15) is 27.2 Å². The van der Waals surface area contributed by atoms with E-state index in [4.69, 9.17) is 0 Å². The monoisotopic (exact) mass is 434 g/mol. The maximum atomic E-state index is 13.7. The molecule has 1 N–H and O–H groups in total. The number of aryl methyl sites for hydroxylation is 2. The molecule has 12 heteroatoms. The number of aromatic nitrogens is 5. The summed E-state index contributed by atoms with van der Waals surface area (Å²) in [6, 6.07) is 8.60. The molecule has 1 amide bonds. The Morgan fingerprint density at radius 1 is 1.00 bits per heavy atom. The van der Waals surface area contributed by atoms with E-state index in [-0.39, 0.29) is 17.1 Å². The zero-order chi connectivity index (χ0) is 22.5. The molecule has 2 aromatic carbocycles. The van der Waals surface area contributed by atoms with Crippen LogP contribution in [0.3, 0.4) is 0 Å². The second-order valence-corrected chi connectivity index (χ2v) is 6.73. The van der Waals surface area contributed by atoms with Gasteiger partial charge in [0.1, 0.15) is 5.82 Å². The molecule has 0 fully saturated rings. The normalized spacial score (nSPS) is 11.8. The predicted octanol–water partition coefficient (Wildman–Crippen LogP) is 2.87. The zero-order valence-electron chi connectivity index (χ0n) is 16.1. The summed E-state index contributed by atoms with van der Waals surface area (Å²) in [6.07, 6.45) is -4.96. The van der Waals surface area contributed by atoms with Crippen molar-refractivity contribution in [1.29, 1.82) is 0 Å². The second-order valence-electron chi connectivity index (χ2n) is 6.73. The summed E-state index contributed by atoms with van der Waals surface area (Å²) in [4.78, 5) is 24.6. The van der Waals surface area contributed by atoms with Gasteiger partial charge in [-0.15, -0.1) is 5.10 Å². The number of nitrogens with zero attached hydrogens (tertiary/aromatic N) is 5. The van der Waals surface area contributed by atoms with E-state index in [0.29, 0.717) is 15.7 Å². The van der Waals surface area contributed by atoms with E-state index in [0.717, 1.165) is 24.3 Å². The highest BCUT2D eigenvalue weighted by molar-refractivity contribution is 6.04. The molecule has 2 heterocycles. The Kier molecular flexibility index (Phi) is 4.64. The van der Waals surface area contributed by atoms with Crippen LogP contribution in [0.4, 0.5) is 23.2 Å². The molecule has 0 bridgehead atoms. The predicted molar refractivity (Wildman–Crippen MR) is 102 cm³/mol. The van der Waals surface area contributed by atoms with Gasteiger partial charge in [0.05, 0.1) is 16.7 Å². The lowest BCUT2D eigenvalue weighted by molar-refractivity contribution is -0.143. The molecule has 4 aromatic rings. The van der Waals surface area contributed by atoms with Crippen LogP contribution in [0.2, 0.25) is 0 Å². The van der Waals surface area contributed by atoms with Crippen LogP contribution in [0.5, 0.6) is 0 Å². The number of carbonyl (C=O) groups excluding carboxylic acids is 1. The van der Waals surface area contributed by atoms with Gasteiger partial charge in [-0.3, -0.25) is 13.9 Å². The van der Waals surface area contributed by atoms with Gasteiger partial charge in [0.15, 0.2) is 11.4 Å². The Bertz CT molecular complexity index is 1370. The van der Waals surface area contributed by atoms with Crippen LogP contribution in [0.15, 0.2) is 47.3 Å². The van der Waals surface area contributed by atoms with Gasteiger partial charge in [-0.2, -0.15) is 13.2 Å². The molecular formula is C19H14F4N6O2. The quantitative estimate of drug-likeness (QED) is 0.503. The van der Waals surface area contributed by atoms with Crippen molar-refractivity contribution in [2.45, 2.75) is 6.18 Å². The van der Waals surface area contributed by atoms with Crippen molar-refractivity contribution in [2.75, 3.05) is 5.32 Å². The number of rotatable bonds is 3. The van der Waals surface area contributed by atoms with Crippen LogP contribution >= 0.6 is 0 Å². The smallest absolute Gasteiger partial charge is 0.320 e. The maximum Gasteiger partial charge on any atom is 0.435 e. The summed E-state index contributed by atoms with van der Waals surface area (Å²) in [5.41, 5.74) is -1.51. The highest BCUT2D eigenvalue weighted by Crippen LogP contribution is 2.33. The number of amides is 1. The number of fused-ring (bicyclic) bond motifs is 1. The third kappa shape index (κ3) is 3.45. The molecule has 0 saturated carbocycles. The molecule has 8 nitrogen and oxygen atoms in total. The van der Waals surface area contributed by atoms with Crippen LogP contribution in [0.25, 0.3) is 16.7 Å². The molecule has 4 rings (SSSR count). The fraction of sp³-hybridized carbons (Fsp3) is 0.158. The molecule has 0 saturated heterocycles. The van der Waals surface area contributed by atoms with Crippen LogP contribution in [0, 0.1) is 5.82 Å². The molecule has 2 aromatic heterocycles. The Morgan fingerprint density at radius 3 is 2.29 bits per heavy atom. The minimum Gasteiger partial charge on any atom is -0.320 e. The fourth-order valence-electron chi connectivity index (χ4n) is 3.23. The summed E-state index contributed by atoms with van der Waals surface area (Å²) in [5, 5.41) is 9.20. The third-order valence-electron chi connectivity index (χ3n) is 4.75. The van der Waals surface area contributed by atoms with Crippen LogP contribution in [0.1, 0.15) is 16.2 Å². The van der Waals surface area contributed by atoms with Crippen LogP contribution < -0.4 is 11.0 Å². The number of benzene rings is 2. The Hall–Kier alpha value is -3.96. The number of alkyl halides is 3. The first kappa shape index (κ1) is 20.3. The number of anilines is 1. The first-order valence-electron chi connectivity index (χ1n) is 8.83. The number of hydrogen-bond donors (Lipinski definition) is 1. The number of halogens is 4. The zero-order valence-corrected chi connectivity index (χ0v) is 16.1. The van der Waals surface area contributed by atoms with Crippen molar-refractivity contribution in [3.05, 3.63) is 70.2 Å². The first-order chi connectivity index (χ1) is 14.6. The molecular weight excluding hydrogens is 420 g/mol. The van der Waals surface area contributed by atoms with Crippen molar-refractivity contribution >= 4 is 22.6 Å². The largest absolute Gasteiger partial charge is 0.435 e. The van der Waals surface area contributed by atoms with Gasteiger partial charge in [-0.05, 0) is 42.5 Å². The van der Waals surface area contributed by atoms with Crippen molar-refractivity contribution in [3.63, 3.8) is 0 Å². The molecule has 0 aliphatic rings. The Balaban J connectivity index is 1.74. The molecule has 0 unspecified atom stereocenters. The summed E-state index contributed by atoms with van der Waals surface area (Å²) in [7, 11) is 3.11. The van der Waals surface area contributed by atoms with Gasteiger partial charge >= 0.3 is 11.9 Å². The molecule has 0 atom stereocenters. The van der Waals surface area contributed by atoms with E-state index in [1.54, 1.807) is 13.1 Å². The molecule has 160 valence electrons. The lowest BCUT2D eigenvalue weighted by Gasteiger charge is -2.11. The minimum absolute atomic E-state index is 0.110. The highest BCUT2D eigenvalue weighted by Gasteiger charge is 2.42. The van der Waals surface area contributed by atoms with E-state index < -0.39 is 29.3 Å². The van der Waals surface area contributed by atoms with Gasteiger partial charge in [-0.1, -0.05) is 5.21 Å².